The Morgan fingerprint density at radius 3 is 2.43 bits per heavy atom. The molecule has 0 bridgehead atoms. The molecule has 3 aliphatic rings. The first-order valence-electron chi connectivity index (χ1n) is 14.6. The molecule has 0 radical (unpaired) electrons. The molecule has 4 heterocycles. The van der Waals surface area contributed by atoms with Crippen LogP contribution in [0.15, 0.2) is 66.9 Å². The SMILES string of the molecule is O=C(O)c1ccc(Oc2ccc(CN3CCC(N4C(=O)N(C5CCSCC5)C[C@H]4c4cccc(Cl)c4)CC3)cn2)cc1. The summed E-state index contributed by atoms with van der Waals surface area (Å²) in [6.45, 7) is 3.33. The monoisotopic (exact) mass is 606 g/mol. The molecule has 0 aliphatic carbocycles. The number of carbonyl (C=O) groups excluding carboxylic acids is 1. The average Bonchev–Trinajstić information content (AvgIpc) is 3.36. The van der Waals surface area contributed by atoms with Gasteiger partial charge in [0.2, 0.25) is 5.88 Å². The van der Waals surface area contributed by atoms with Crippen molar-refractivity contribution < 1.29 is 19.4 Å². The molecule has 10 heteroatoms. The van der Waals surface area contributed by atoms with Gasteiger partial charge in [0.05, 0.1) is 11.6 Å². The number of carboxylic acids is 1. The van der Waals surface area contributed by atoms with Crippen LogP contribution in [0.4, 0.5) is 4.79 Å². The third-order valence-corrected chi connectivity index (χ3v) is 9.80. The van der Waals surface area contributed by atoms with E-state index in [4.69, 9.17) is 21.4 Å². The van der Waals surface area contributed by atoms with Crippen LogP contribution in [0.3, 0.4) is 0 Å². The van der Waals surface area contributed by atoms with Gasteiger partial charge in [-0.05, 0) is 84.7 Å². The van der Waals surface area contributed by atoms with Gasteiger partial charge in [-0.2, -0.15) is 11.8 Å². The fraction of sp³-hybridized carbons (Fsp3) is 0.406. The van der Waals surface area contributed by atoms with E-state index >= 15 is 0 Å². The van der Waals surface area contributed by atoms with Crippen molar-refractivity contribution >= 4 is 35.4 Å². The lowest BCUT2D eigenvalue weighted by atomic mass is 9.98. The molecule has 0 spiro atoms. The van der Waals surface area contributed by atoms with Crippen molar-refractivity contribution in [3.63, 3.8) is 0 Å². The van der Waals surface area contributed by atoms with E-state index in [0.717, 1.165) is 74.5 Å². The van der Waals surface area contributed by atoms with Gasteiger partial charge in [0.15, 0.2) is 0 Å². The molecule has 1 N–H and O–H groups in total. The number of nitrogens with zero attached hydrogens (tertiary/aromatic N) is 4. The number of pyridine rings is 1. The van der Waals surface area contributed by atoms with Gasteiger partial charge in [-0.25, -0.2) is 14.6 Å². The minimum absolute atomic E-state index is 0.0272. The summed E-state index contributed by atoms with van der Waals surface area (Å²) in [5.41, 5.74) is 2.43. The lowest BCUT2D eigenvalue weighted by Gasteiger charge is -2.39. The third-order valence-electron chi connectivity index (χ3n) is 8.52. The molecular weight excluding hydrogens is 572 g/mol. The van der Waals surface area contributed by atoms with Crippen molar-refractivity contribution in [2.24, 2.45) is 0 Å². The molecular formula is C32H35ClN4O4S. The maximum atomic E-state index is 13.9. The Hall–Kier alpha value is -3.27. The van der Waals surface area contributed by atoms with Gasteiger partial charge in [0.1, 0.15) is 5.75 Å². The number of carboxylic acid groups (broad SMARTS) is 1. The Kier molecular flexibility index (Phi) is 8.88. The van der Waals surface area contributed by atoms with E-state index in [1.165, 1.54) is 12.1 Å². The van der Waals surface area contributed by atoms with E-state index in [9.17, 15) is 9.59 Å². The lowest BCUT2D eigenvalue weighted by Crippen LogP contribution is -2.48. The Labute approximate surface area is 255 Å². The number of thioether (sulfide) groups is 1. The summed E-state index contributed by atoms with van der Waals surface area (Å²) < 4.78 is 5.78. The topological polar surface area (TPSA) is 86.2 Å². The van der Waals surface area contributed by atoms with E-state index in [2.05, 4.69) is 25.8 Å². The number of aromatic nitrogens is 1. The zero-order chi connectivity index (χ0) is 29.1. The fourth-order valence-electron chi connectivity index (χ4n) is 6.29. The molecule has 220 valence electrons. The normalized spacial score (nSPS) is 20.7. The largest absolute Gasteiger partial charge is 0.478 e. The number of carbonyl (C=O) groups is 2. The first-order valence-corrected chi connectivity index (χ1v) is 16.1. The van der Waals surface area contributed by atoms with Crippen molar-refractivity contribution in [1.82, 2.24) is 19.7 Å². The summed E-state index contributed by atoms with van der Waals surface area (Å²) >= 11 is 8.37. The van der Waals surface area contributed by atoms with Crippen molar-refractivity contribution in [2.75, 3.05) is 31.1 Å². The van der Waals surface area contributed by atoms with Crippen LogP contribution in [0.1, 0.15) is 53.2 Å². The molecule has 0 unspecified atom stereocenters. The predicted molar refractivity (Wildman–Crippen MR) is 164 cm³/mol. The second-order valence-electron chi connectivity index (χ2n) is 11.2. The maximum Gasteiger partial charge on any atom is 0.335 e. The summed E-state index contributed by atoms with van der Waals surface area (Å²) in [6, 6.07) is 18.9. The number of amides is 2. The zero-order valence-electron chi connectivity index (χ0n) is 23.4. The highest BCUT2D eigenvalue weighted by Gasteiger charge is 2.45. The summed E-state index contributed by atoms with van der Waals surface area (Å²) in [4.78, 5) is 36.1. The number of piperidine rings is 1. The van der Waals surface area contributed by atoms with Crippen molar-refractivity contribution in [2.45, 2.75) is 50.4 Å². The Morgan fingerprint density at radius 1 is 1.00 bits per heavy atom. The first kappa shape index (κ1) is 28.8. The standard InChI is InChI=1S/C32H35ClN4O4S/c33-25-3-1-2-24(18-25)29-21-36(26-12-16-42-17-13-26)32(40)37(29)27-10-14-35(15-11-27)20-22-4-9-30(34-19-22)41-28-7-5-23(6-8-28)31(38)39/h1-9,18-19,26-27,29H,10-17,20-21H2,(H,38,39)/t29-/m0/s1. The minimum Gasteiger partial charge on any atom is -0.478 e. The average molecular weight is 607 g/mol. The van der Waals surface area contributed by atoms with Gasteiger partial charge in [-0.1, -0.05) is 29.8 Å². The first-order chi connectivity index (χ1) is 20.4. The summed E-state index contributed by atoms with van der Waals surface area (Å²) in [5.74, 6) is 2.27. The molecule has 8 nitrogen and oxygen atoms in total. The number of aromatic carboxylic acids is 1. The van der Waals surface area contributed by atoms with E-state index < -0.39 is 5.97 Å². The van der Waals surface area contributed by atoms with Crippen LogP contribution in [0.2, 0.25) is 5.02 Å². The molecule has 3 saturated heterocycles. The zero-order valence-corrected chi connectivity index (χ0v) is 25.0. The number of likely N-dealkylation sites (tertiary alicyclic amines) is 1. The number of hydrogen-bond donors (Lipinski definition) is 1. The molecule has 3 aliphatic heterocycles. The molecule has 1 atom stereocenters. The number of halogens is 1. The highest BCUT2D eigenvalue weighted by molar-refractivity contribution is 7.99. The highest BCUT2D eigenvalue weighted by Crippen LogP contribution is 2.38. The fourth-order valence-corrected chi connectivity index (χ4v) is 7.57. The number of benzene rings is 2. The molecule has 6 rings (SSSR count). The maximum absolute atomic E-state index is 13.9. The van der Waals surface area contributed by atoms with E-state index in [1.807, 2.05) is 48.3 Å². The van der Waals surface area contributed by atoms with E-state index in [1.54, 1.807) is 12.1 Å². The molecule has 3 fully saturated rings. The molecule has 0 saturated carbocycles. The smallest absolute Gasteiger partial charge is 0.335 e. The van der Waals surface area contributed by atoms with Crippen LogP contribution in [0.25, 0.3) is 0 Å². The lowest BCUT2D eigenvalue weighted by molar-refractivity contribution is 0.0696. The van der Waals surface area contributed by atoms with Crippen LogP contribution in [-0.4, -0.2) is 80.0 Å². The van der Waals surface area contributed by atoms with Crippen LogP contribution >= 0.6 is 23.4 Å². The van der Waals surface area contributed by atoms with Crippen molar-refractivity contribution in [1.29, 1.82) is 0 Å². The molecule has 2 aromatic carbocycles. The molecule has 1 aromatic heterocycles. The van der Waals surface area contributed by atoms with Gasteiger partial charge >= 0.3 is 12.0 Å². The second-order valence-corrected chi connectivity index (χ2v) is 12.9. The molecule has 2 amide bonds. The number of hydrogen-bond acceptors (Lipinski definition) is 6. The molecule has 3 aromatic rings. The van der Waals surface area contributed by atoms with Crippen molar-refractivity contribution in [3.8, 4) is 11.6 Å². The van der Waals surface area contributed by atoms with Gasteiger partial charge in [0.25, 0.3) is 0 Å². The quantitative estimate of drug-likeness (QED) is 0.311. The number of rotatable bonds is 8. The van der Waals surface area contributed by atoms with Crippen LogP contribution < -0.4 is 4.74 Å². The van der Waals surface area contributed by atoms with Crippen LogP contribution in [-0.2, 0) is 6.54 Å². The second kappa shape index (κ2) is 12.9. The van der Waals surface area contributed by atoms with Gasteiger partial charge in [0, 0.05) is 55.5 Å². The Balaban J connectivity index is 1.07. The van der Waals surface area contributed by atoms with Crippen molar-refractivity contribution in [3.05, 3.63) is 88.6 Å². The number of urea groups is 1. The van der Waals surface area contributed by atoms with E-state index in [-0.39, 0.29) is 23.7 Å². The molecule has 42 heavy (non-hydrogen) atoms. The summed E-state index contributed by atoms with van der Waals surface area (Å²) in [5, 5.41) is 9.77. The van der Waals surface area contributed by atoms with Crippen LogP contribution in [0.5, 0.6) is 11.6 Å². The third kappa shape index (κ3) is 6.53. The van der Waals surface area contributed by atoms with Crippen LogP contribution in [0, 0.1) is 0 Å². The number of ether oxygens (including phenoxy) is 1. The Bertz CT molecular complexity index is 1390. The Morgan fingerprint density at radius 2 is 1.76 bits per heavy atom. The predicted octanol–water partition coefficient (Wildman–Crippen LogP) is 6.56. The van der Waals surface area contributed by atoms with Gasteiger partial charge in [-0.15, -0.1) is 0 Å². The van der Waals surface area contributed by atoms with E-state index in [0.29, 0.717) is 22.7 Å². The van der Waals surface area contributed by atoms with Gasteiger partial charge < -0.3 is 19.6 Å². The minimum atomic E-state index is -0.971. The summed E-state index contributed by atoms with van der Waals surface area (Å²) in [7, 11) is 0. The summed E-state index contributed by atoms with van der Waals surface area (Å²) in [6.07, 6.45) is 5.82. The highest BCUT2D eigenvalue weighted by atomic mass is 35.5. The van der Waals surface area contributed by atoms with Gasteiger partial charge in [-0.3, -0.25) is 4.90 Å².